The van der Waals surface area contributed by atoms with Crippen molar-refractivity contribution in [3.8, 4) is 0 Å². The summed E-state index contributed by atoms with van der Waals surface area (Å²) in [5.74, 6) is 0. The van der Waals surface area contributed by atoms with Crippen LogP contribution in [0.4, 0.5) is 4.79 Å². The van der Waals surface area contributed by atoms with Gasteiger partial charge in [-0.05, 0) is 39.8 Å². The van der Waals surface area contributed by atoms with Crippen LogP contribution in [0.5, 0.6) is 0 Å². The van der Waals surface area contributed by atoms with Crippen LogP contribution in [0, 0.1) is 6.92 Å². The van der Waals surface area contributed by atoms with Crippen LogP contribution < -0.4 is 0 Å². The summed E-state index contributed by atoms with van der Waals surface area (Å²) in [6.45, 7) is 11.4. The minimum atomic E-state index is -0.437. The Balaban J connectivity index is 0.000000921. The third-order valence-corrected chi connectivity index (χ3v) is 1.54. The Morgan fingerprint density at radius 3 is 2.20 bits per heavy atom. The smallest absolute Gasteiger partial charge is 0.418 e. The minimum Gasteiger partial charge on any atom is -0.443 e. The first-order valence-corrected chi connectivity index (χ1v) is 5.27. The van der Waals surface area contributed by atoms with E-state index in [4.69, 9.17) is 4.74 Å². The van der Waals surface area contributed by atoms with E-state index in [0.29, 0.717) is 0 Å². The number of hydrogen-bond acceptors (Lipinski definition) is 2. The SMILES string of the molecule is CC.Cc1cccn1C(=O)OC(C)(C)C. The molecule has 1 aromatic heterocycles. The fourth-order valence-electron chi connectivity index (χ4n) is 0.982. The van der Waals surface area contributed by atoms with Crippen LogP contribution in [0.1, 0.15) is 40.3 Å². The van der Waals surface area contributed by atoms with Crippen LogP contribution in [0.3, 0.4) is 0 Å². The van der Waals surface area contributed by atoms with E-state index in [2.05, 4.69) is 0 Å². The van der Waals surface area contributed by atoms with Crippen LogP contribution in [0.25, 0.3) is 0 Å². The largest absolute Gasteiger partial charge is 0.443 e. The average molecular weight is 211 g/mol. The summed E-state index contributed by atoms with van der Waals surface area (Å²) in [6, 6.07) is 3.68. The molecule has 1 rings (SSSR count). The lowest BCUT2D eigenvalue weighted by atomic mass is 10.2. The van der Waals surface area contributed by atoms with Crippen molar-refractivity contribution in [1.82, 2.24) is 4.57 Å². The molecule has 86 valence electrons. The van der Waals surface area contributed by atoms with Crippen LogP contribution in [0.2, 0.25) is 0 Å². The van der Waals surface area contributed by atoms with Gasteiger partial charge in [0.15, 0.2) is 0 Å². The molecule has 1 aromatic rings. The summed E-state index contributed by atoms with van der Waals surface area (Å²) in [6.07, 6.45) is 1.37. The highest BCUT2D eigenvalue weighted by Crippen LogP contribution is 2.10. The van der Waals surface area contributed by atoms with E-state index in [1.807, 2.05) is 53.7 Å². The topological polar surface area (TPSA) is 31.2 Å². The van der Waals surface area contributed by atoms with Gasteiger partial charge in [0.25, 0.3) is 0 Å². The fourth-order valence-corrected chi connectivity index (χ4v) is 0.982. The van der Waals surface area contributed by atoms with E-state index in [-0.39, 0.29) is 6.09 Å². The van der Waals surface area contributed by atoms with Gasteiger partial charge in [0.1, 0.15) is 5.60 Å². The van der Waals surface area contributed by atoms with Crippen LogP contribution >= 0.6 is 0 Å². The lowest BCUT2D eigenvalue weighted by Gasteiger charge is -2.19. The molecule has 3 heteroatoms. The Morgan fingerprint density at radius 1 is 1.33 bits per heavy atom. The molecule has 0 amide bonds. The first-order chi connectivity index (χ1) is 6.90. The molecule has 0 radical (unpaired) electrons. The molecule has 0 saturated carbocycles. The molecule has 0 bridgehead atoms. The zero-order valence-electron chi connectivity index (χ0n) is 10.5. The highest BCUT2D eigenvalue weighted by Gasteiger charge is 2.17. The summed E-state index contributed by atoms with van der Waals surface area (Å²) in [5, 5.41) is 0. The van der Waals surface area contributed by atoms with Crippen molar-refractivity contribution in [2.24, 2.45) is 0 Å². The van der Waals surface area contributed by atoms with Gasteiger partial charge in [-0.3, -0.25) is 4.57 Å². The maximum absolute atomic E-state index is 11.5. The minimum absolute atomic E-state index is 0.324. The average Bonchev–Trinajstić information content (AvgIpc) is 2.52. The molecule has 15 heavy (non-hydrogen) atoms. The van der Waals surface area contributed by atoms with E-state index in [1.54, 1.807) is 6.20 Å². The Kier molecular flexibility index (Phi) is 5.12. The molecule has 0 aliphatic carbocycles. The van der Waals surface area contributed by atoms with Crippen LogP contribution in [-0.4, -0.2) is 16.3 Å². The Labute approximate surface area is 92.1 Å². The van der Waals surface area contributed by atoms with Crippen molar-refractivity contribution in [3.05, 3.63) is 24.0 Å². The summed E-state index contributed by atoms with van der Waals surface area (Å²) < 4.78 is 6.68. The van der Waals surface area contributed by atoms with Gasteiger partial charge >= 0.3 is 6.09 Å². The maximum atomic E-state index is 11.5. The first kappa shape index (κ1) is 13.8. The maximum Gasteiger partial charge on any atom is 0.418 e. The summed E-state index contributed by atoms with van der Waals surface area (Å²) in [4.78, 5) is 11.5. The number of aryl methyl sites for hydroxylation is 1. The predicted molar refractivity (Wildman–Crippen MR) is 62.1 cm³/mol. The molecule has 0 saturated heterocycles. The number of rotatable bonds is 0. The summed E-state index contributed by atoms with van der Waals surface area (Å²) in [5.41, 5.74) is 0.447. The zero-order valence-corrected chi connectivity index (χ0v) is 10.5. The molecule has 0 aliphatic rings. The molecule has 1 heterocycles. The van der Waals surface area contributed by atoms with Crippen molar-refractivity contribution in [2.45, 2.75) is 47.1 Å². The zero-order chi connectivity index (χ0) is 12.1. The van der Waals surface area contributed by atoms with Gasteiger partial charge in [-0.15, -0.1) is 0 Å². The van der Waals surface area contributed by atoms with Crippen molar-refractivity contribution in [3.63, 3.8) is 0 Å². The molecule has 0 unspecified atom stereocenters. The highest BCUT2D eigenvalue weighted by atomic mass is 16.6. The standard InChI is InChI=1S/C10H15NO2.C2H6/c1-8-6-5-7-11(8)9(12)13-10(2,3)4;1-2/h5-7H,1-4H3;1-2H3. The molecule has 0 fully saturated rings. The molecule has 0 aromatic carbocycles. The van der Waals surface area contributed by atoms with Gasteiger partial charge in [-0.1, -0.05) is 13.8 Å². The van der Waals surface area contributed by atoms with E-state index in [1.165, 1.54) is 4.57 Å². The fraction of sp³-hybridized carbons (Fsp3) is 0.583. The summed E-state index contributed by atoms with van der Waals surface area (Å²) in [7, 11) is 0. The van der Waals surface area contributed by atoms with E-state index >= 15 is 0 Å². The first-order valence-electron chi connectivity index (χ1n) is 5.27. The second-order valence-corrected chi connectivity index (χ2v) is 4.00. The molecule has 0 spiro atoms. The van der Waals surface area contributed by atoms with Gasteiger partial charge in [0.05, 0.1) is 0 Å². The third kappa shape index (κ3) is 4.68. The molecular weight excluding hydrogens is 190 g/mol. The molecule has 0 atom stereocenters. The molecule has 0 N–H and O–H groups in total. The van der Waals surface area contributed by atoms with E-state index < -0.39 is 5.60 Å². The quantitative estimate of drug-likeness (QED) is 0.656. The predicted octanol–water partition coefficient (Wildman–Crippen LogP) is 3.61. The number of aromatic nitrogens is 1. The van der Waals surface area contributed by atoms with Crippen molar-refractivity contribution < 1.29 is 9.53 Å². The van der Waals surface area contributed by atoms with Crippen molar-refractivity contribution in [1.29, 1.82) is 0 Å². The Bertz CT molecular complexity index is 308. The number of carbonyl (C=O) groups excluding carboxylic acids is 1. The molecule has 0 aliphatic heterocycles. The van der Waals surface area contributed by atoms with Crippen LogP contribution in [0.15, 0.2) is 18.3 Å². The van der Waals surface area contributed by atoms with Gasteiger partial charge in [-0.2, -0.15) is 0 Å². The third-order valence-electron chi connectivity index (χ3n) is 1.54. The Hall–Kier alpha value is -1.25. The van der Waals surface area contributed by atoms with E-state index in [9.17, 15) is 4.79 Å². The molecular formula is C12H21NO2. The van der Waals surface area contributed by atoms with Gasteiger partial charge in [-0.25, -0.2) is 4.79 Å². The van der Waals surface area contributed by atoms with Gasteiger partial charge < -0.3 is 4.74 Å². The molecule has 3 nitrogen and oxygen atoms in total. The lowest BCUT2D eigenvalue weighted by molar-refractivity contribution is 0.0534. The number of nitrogens with zero attached hydrogens (tertiary/aromatic N) is 1. The monoisotopic (exact) mass is 211 g/mol. The van der Waals surface area contributed by atoms with Crippen molar-refractivity contribution >= 4 is 6.09 Å². The second-order valence-electron chi connectivity index (χ2n) is 4.00. The Morgan fingerprint density at radius 2 is 1.87 bits per heavy atom. The van der Waals surface area contributed by atoms with E-state index in [0.717, 1.165) is 5.69 Å². The number of ether oxygens (including phenoxy) is 1. The number of hydrogen-bond donors (Lipinski definition) is 0. The van der Waals surface area contributed by atoms with Gasteiger partial charge in [0.2, 0.25) is 0 Å². The van der Waals surface area contributed by atoms with Crippen molar-refractivity contribution in [2.75, 3.05) is 0 Å². The van der Waals surface area contributed by atoms with Gasteiger partial charge in [0, 0.05) is 11.9 Å². The summed E-state index contributed by atoms with van der Waals surface area (Å²) >= 11 is 0. The second kappa shape index (κ2) is 5.59. The normalized spacial score (nSPS) is 10.3. The highest BCUT2D eigenvalue weighted by molar-refractivity contribution is 5.71. The van der Waals surface area contributed by atoms with Crippen LogP contribution in [-0.2, 0) is 4.74 Å². The number of carbonyl (C=O) groups is 1. The lowest BCUT2D eigenvalue weighted by Crippen LogP contribution is -2.27.